The number of aromatic nitrogens is 3. The topological polar surface area (TPSA) is 71.8 Å². The summed E-state index contributed by atoms with van der Waals surface area (Å²) >= 11 is 1.29. The molecule has 2 heterocycles. The highest BCUT2D eigenvalue weighted by Crippen LogP contribution is 2.28. The van der Waals surface area contributed by atoms with Crippen LogP contribution in [-0.4, -0.2) is 20.8 Å². The molecule has 2 aromatic heterocycles. The molecule has 23 heavy (non-hydrogen) atoms. The summed E-state index contributed by atoms with van der Waals surface area (Å²) in [6.45, 7) is 3.83. The summed E-state index contributed by atoms with van der Waals surface area (Å²) in [5.41, 5.74) is 1.66. The molecule has 0 saturated carbocycles. The van der Waals surface area contributed by atoms with Crippen molar-refractivity contribution < 1.29 is 18.0 Å². The number of thiazole rings is 1. The van der Waals surface area contributed by atoms with Crippen LogP contribution >= 0.6 is 11.3 Å². The monoisotopic (exact) mass is 347 g/mol. The first kappa shape index (κ1) is 17.3. The van der Waals surface area contributed by atoms with Gasteiger partial charge in [-0.3, -0.25) is 10.00 Å². The van der Waals surface area contributed by atoms with Crippen molar-refractivity contribution in [3.05, 3.63) is 28.7 Å². The molecule has 0 spiro atoms. The first-order chi connectivity index (χ1) is 10.7. The van der Waals surface area contributed by atoms with Gasteiger partial charge in [0.2, 0.25) is 0 Å². The Morgan fingerprint density at radius 2 is 2.13 bits per heavy atom. The number of halogens is 3. The molecule has 10 heteroatoms. The van der Waals surface area contributed by atoms with Crippen molar-refractivity contribution >= 4 is 22.4 Å². The maximum Gasteiger partial charge on any atom is 0.435 e. The maximum atomic E-state index is 12.6. The number of carbonyl (C=O) groups excluding carboxylic acids is 1. The fraction of sp³-hybridized carbons (Fsp3) is 0.462. The standard InChI is InChI=1S/C13H16F3N5OS/c1-7(2)10-11(23-6-18-10)19-12(22)17-5-8-4-9(13(14,15)16)20-21(8)3/h4,6-7H,5H2,1-3H3,(H2,17,19,22). The van der Waals surface area contributed by atoms with Crippen LogP contribution in [-0.2, 0) is 19.8 Å². The van der Waals surface area contributed by atoms with E-state index >= 15 is 0 Å². The fourth-order valence-corrected chi connectivity index (χ4v) is 2.72. The number of hydrogen-bond acceptors (Lipinski definition) is 4. The molecule has 2 aromatic rings. The molecule has 0 unspecified atom stereocenters. The lowest BCUT2D eigenvalue weighted by Gasteiger charge is -2.09. The van der Waals surface area contributed by atoms with Crippen molar-refractivity contribution in [3.63, 3.8) is 0 Å². The predicted molar refractivity (Wildman–Crippen MR) is 80.3 cm³/mol. The summed E-state index contributed by atoms with van der Waals surface area (Å²) in [6.07, 6.45) is -4.51. The Morgan fingerprint density at radius 1 is 1.43 bits per heavy atom. The van der Waals surface area contributed by atoms with Crippen LogP contribution in [0.2, 0.25) is 0 Å². The highest BCUT2D eigenvalue weighted by atomic mass is 32.1. The Morgan fingerprint density at radius 3 is 2.70 bits per heavy atom. The van der Waals surface area contributed by atoms with Crippen molar-refractivity contribution in [3.8, 4) is 0 Å². The molecule has 2 rings (SSSR count). The normalized spacial score (nSPS) is 11.8. The number of nitrogens with zero attached hydrogens (tertiary/aromatic N) is 3. The molecule has 0 aromatic carbocycles. The van der Waals surface area contributed by atoms with E-state index in [1.807, 2.05) is 13.8 Å². The smallest absolute Gasteiger partial charge is 0.332 e. The van der Waals surface area contributed by atoms with Crippen LogP contribution in [0.15, 0.2) is 11.6 Å². The van der Waals surface area contributed by atoms with E-state index in [0.29, 0.717) is 5.00 Å². The van der Waals surface area contributed by atoms with Gasteiger partial charge in [0.15, 0.2) is 5.69 Å². The van der Waals surface area contributed by atoms with E-state index in [2.05, 4.69) is 20.7 Å². The van der Waals surface area contributed by atoms with E-state index in [9.17, 15) is 18.0 Å². The molecule has 2 N–H and O–H groups in total. The van der Waals surface area contributed by atoms with Gasteiger partial charge in [0, 0.05) is 7.05 Å². The molecular weight excluding hydrogens is 331 g/mol. The first-order valence-corrected chi connectivity index (χ1v) is 7.64. The molecule has 126 valence electrons. The summed E-state index contributed by atoms with van der Waals surface area (Å²) in [5.74, 6) is 0.156. The predicted octanol–water partition coefficient (Wildman–Crippen LogP) is 3.34. The second-order valence-electron chi connectivity index (χ2n) is 5.17. The highest BCUT2D eigenvalue weighted by molar-refractivity contribution is 7.14. The Kier molecular flexibility index (Phi) is 4.93. The van der Waals surface area contributed by atoms with Gasteiger partial charge in [-0.2, -0.15) is 18.3 Å². The maximum absolute atomic E-state index is 12.6. The minimum Gasteiger partial charge on any atom is -0.332 e. The second kappa shape index (κ2) is 6.57. The zero-order valence-corrected chi connectivity index (χ0v) is 13.5. The van der Waals surface area contributed by atoms with E-state index in [1.165, 1.54) is 18.4 Å². The van der Waals surface area contributed by atoms with E-state index in [-0.39, 0.29) is 18.2 Å². The van der Waals surface area contributed by atoms with Crippen molar-refractivity contribution in [1.82, 2.24) is 20.1 Å². The summed E-state index contributed by atoms with van der Waals surface area (Å²) in [6, 6.07) is 0.401. The Hall–Kier alpha value is -2.10. The van der Waals surface area contributed by atoms with E-state index in [1.54, 1.807) is 5.51 Å². The fourth-order valence-electron chi connectivity index (χ4n) is 1.89. The van der Waals surface area contributed by atoms with Crippen molar-refractivity contribution in [2.45, 2.75) is 32.5 Å². The van der Waals surface area contributed by atoms with Crippen LogP contribution in [0, 0.1) is 0 Å². The van der Waals surface area contributed by atoms with Gasteiger partial charge in [-0.1, -0.05) is 13.8 Å². The SMILES string of the molecule is CC(C)c1ncsc1NC(=O)NCc1cc(C(F)(F)F)nn1C. The quantitative estimate of drug-likeness (QED) is 0.891. The molecule has 0 aliphatic heterocycles. The Bertz CT molecular complexity index is 692. The van der Waals surface area contributed by atoms with Gasteiger partial charge in [0.1, 0.15) is 5.00 Å². The highest BCUT2D eigenvalue weighted by Gasteiger charge is 2.34. The Balaban J connectivity index is 1.97. The number of rotatable bonds is 4. The molecule has 0 aliphatic carbocycles. The summed E-state index contributed by atoms with van der Waals surface area (Å²) in [7, 11) is 1.39. The van der Waals surface area contributed by atoms with Gasteiger partial charge in [0.25, 0.3) is 0 Å². The van der Waals surface area contributed by atoms with Gasteiger partial charge in [0.05, 0.1) is 23.4 Å². The Labute approximate surface area is 134 Å². The third-order valence-corrected chi connectivity index (χ3v) is 3.82. The third kappa shape index (κ3) is 4.21. The van der Waals surface area contributed by atoms with Crippen LogP contribution in [0.3, 0.4) is 0 Å². The average Bonchev–Trinajstić information content (AvgIpc) is 3.02. The van der Waals surface area contributed by atoms with E-state index in [0.717, 1.165) is 16.4 Å². The van der Waals surface area contributed by atoms with Crippen LogP contribution < -0.4 is 10.6 Å². The molecule has 0 atom stereocenters. The van der Waals surface area contributed by atoms with Crippen molar-refractivity contribution in [2.24, 2.45) is 7.05 Å². The number of alkyl halides is 3. The van der Waals surface area contributed by atoms with Gasteiger partial charge in [-0.25, -0.2) is 9.78 Å². The minimum absolute atomic E-state index is 0.0682. The van der Waals surface area contributed by atoms with Crippen molar-refractivity contribution in [1.29, 1.82) is 0 Å². The lowest BCUT2D eigenvalue weighted by molar-refractivity contribution is -0.141. The van der Waals surface area contributed by atoms with Gasteiger partial charge < -0.3 is 5.32 Å². The number of urea groups is 1. The molecule has 0 bridgehead atoms. The number of anilines is 1. The van der Waals surface area contributed by atoms with E-state index in [4.69, 9.17) is 0 Å². The molecule has 2 amide bonds. The first-order valence-electron chi connectivity index (χ1n) is 6.76. The summed E-state index contributed by atoms with van der Waals surface area (Å²) < 4.78 is 38.8. The van der Waals surface area contributed by atoms with Gasteiger partial charge >= 0.3 is 12.2 Å². The van der Waals surface area contributed by atoms with Crippen LogP contribution in [0.1, 0.15) is 36.8 Å². The minimum atomic E-state index is -4.51. The molecule has 0 fully saturated rings. The van der Waals surface area contributed by atoms with Crippen LogP contribution in [0.4, 0.5) is 23.0 Å². The zero-order valence-electron chi connectivity index (χ0n) is 12.7. The van der Waals surface area contributed by atoms with Crippen LogP contribution in [0.25, 0.3) is 0 Å². The average molecular weight is 347 g/mol. The third-order valence-electron chi connectivity index (χ3n) is 3.07. The largest absolute Gasteiger partial charge is 0.435 e. The molecule has 0 radical (unpaired) electrons. The number of hydrogen-bond donors (Lipinski definition) is 2. The molecule has 0 saturated heterocycles. The lowest BCUT2D eigenvalue weighted by atomic mass is 10.1. The van der Waals surface area contributed by atoms with Gasteiger partial charge in [-0.15, -0.1) is 11.3 Å². The molecule has 6 nitrogen and oxygen atoms in total. The number of aryl methyl sites for hydroxylation is 1. The second-order valence-corrected chi connectivity index (χ2v) is 6.03. The van der Waals surface area contributed by atoms with E-state index < -0.39 is 17.9 Å². The lowest BCUT2D eigenvalue weighted by Crippen LogP contribution is -2.29. The number of amides is 2. The van der Waals surface area contributed by atoms with Gasteiger partial charge in [-0.05, 0) is 12.0 Å². The number of carbonyl (C=O) groups is 1. The van der Waals surface area contributed by atoms with Crippen LogP contribution in [0.5, 0.6) is 0 Å². The summed E-state index contributed by atoms with van der Waals surface area (Å²) in [5, 5.41) is 9.17. The number of nitrogens with one attached hydrogen (secondary N) is 2. The molecular formula is C13H16F3N5OS. The zero-order chi connectivity index (χ0) is 17.2. The van der Waals surface area contributed by atoms with Crippen molar-refractivity contribution in [2.75, 3.05) is 5.32 Å². The molecule has 0 aliphatic rings. The summed E-state index contributed by atoms with van der Waals surface area (Å²) in [4.78, 5) is 16.0.